The Morgan fingerprint density at radius 1 is 1.44 bits per heavy atom. The molecule has 0 aliphatic carbocycles. The van der Waals surface area contributed by atoms with Crippen molar-refractivity contribution in [2.75, 3.05) is 0 Å². The van der Waals surface area contributed by atoms with Crippen molar-refractivity contribution in [2.45, 2.75) is 40.0 Å². The molecule has 0 saturated carbocycles. The summed E-state index contributed by atoms with van der Waals surface area (Å²) in [5.74, 6) is 0. The molecule has 4 heteroatoms. The zero-order valence-corrected chi connectivity index (χ0v) is 10.0. The average Bonchev–Trinajstić information content (AvgIpc) is 2.62. The molecule has 0 aliphatic heterocycles. The lowest BCUT2D eigenvalue weighted by molar-refractivity contribution is 0.801. The second-order valence-corrected chi connectivity index (χ2v) is 4.06. The van der Waals surface area contributed by atoms with E-state index in [1.54, 1.807) is 4.52 Å². The van der Waals surface area contributed by atoms with Crippen molar-refractivity contribution in [1.82, 2.24) is 14.6 Å². The van der Waals surface area contributed by atoms with Gasteiger partial charge in [0.15, 0.2) is 5.65 Å². The Kier molecular flexibility index (Phi) is 2.81. The molecule has 0 saturated heterocycles. The van der Waals surface area contributed by atoms with Gasteiger partial charge in [0, 0.05) is 23.0 Å². The van der Waals surface area contributed by atoms with Crippen LogP contribution in [-0.4, -0.2) is 14.6 Å². The maximum atomic E-state index is 12.1. The SMILES string of the molecule is CCCc1cc2nc(C)c(CC)c(=O)n2[nH]1. The molecule has 2 aromatic rings. The summed E-state index contributed by atoms with van der Waals surface area (Å²) < 4.78 is 1.55. The van der Waals surface area contributed by atoms with Crippen molar-refractivity contribution in [3.63, 3.8) is 0 Å². The summed E-state index contributed by atoms with van der Waals surface area (Å²) in [6.07, 6.45) is 2.73. The summed E-state index contributed by atoms with van der Waals surface area (Å²) in [6, 6.07) is 1.96. The van der Waals surface area contributed by atoms with Crippen molar-refractivity contribution in [3.05, 3.63) is 33.4 Å². The number of hydrogen-bond donors (Lipinski definition) is 1. The van der Waals surface area contributed by atoms with Crippen LogP contribution < -0.4 is 5.56 Å². The third-order valence-electron chi connectivity index (χ3n) is 2.84. The first-order valence-corrected chi connectivity index (χ1v) is 5.77. The minimum atomic E-state index is 0.0346. The molecule has 0 unspecified atom stereocenters. The number of H-pyrrole nitrogens is 1. The van der Waals surface area contributed by atoms with Crippen LogP contribution in [0.25, 0.3) is 5.65 Å². The molecular weight excluding hydrogens is 202 g/mol. The molecule has 0 radical (unpaired) electrons. The van der Waals surface area contributed by atoms with Crippen molar-refractivity contribution in [3.8, 4) is 0 Å². The van der Waals surface area contributed by atoms with Crippen LogP contribution in [0.1, 0.15) is 37.2 Å². The van der Waals surface area contributed by atoms with Gasteiger partial charge < -0.3 is 0 Å². The van der Waals surface area contributed by atoms with Gasteiger partial charge in [-0.15, -0.1) is 0 Å². The van der Waals surface area contributed by atoms with Crippen LogP contribution in [0.3, 0.4) is 0 Å². The third kappa shape index (κ3) is 1.64. The highest BCUT2D eigenvalue weighted by Crippen LogP contribution is 2.07. The number of fused-ring (bicyclic) bond motifs is 1. The highest BCUT2D eigenvalue weighted by molar-refractivity contribution is 5.41. The molecule has 16 heavy (non-hydrogen) atoms. The fourth-order valence-electron chi connectivity index (χ4n) is 2.02. The lowest BCUT2D eigenvalue weighted by atomic mass is 10.2. The van der Waals surface area contributed by atoms with Crippen LogP contribution in [0.2, 0.25) is 0 Å². The van der Waals surface area contributed by atoms with E-state index in [0.717, 1.165) is 41.9 Å². The minimum Gasteiger partial charge on any atom is -0.294 e. The highest BCUT2D eigenvalue weighted by Gasteiger charge is 2.09. The predicted molar refractivity (Wildman–Crippen MR) is 63.9 cm³/mol. The molecule has 0 fully saturated rings. The maximum absolute atomic E-state index is 12.1. The van der Waals surface area contributed by atoms with Crippen molar-refractivity contribution < 1.29 is 0 Å². The number of aromatic nitrogens is 3. The van der Waals surface area contributed by atoms with Crippen LogP contribution in [-0.2, 0) is 12.8 Å². The number of hydrogen-bond acceptors (Lipinski definition) is 2. The van der Waals surface area contributed by atoms with Gasteiger partial charge in [-0.25, -0.2) is 9.50 Å². The van der Waals surface area contributed by atoms with Crippen LogP contribution >= 0.6 is 0 Å². The largest absolute Gasteiger partial charge is 0.294 e. The van der Waals surface area contributed by atoms with Gasteiger partial charge in [-0.2, -0.15) is 0 Å². The Hall–Kier alpha value is -1.58. The van der Waals surface area contributed by atoms with E-state index in [1.165, 1.54) is 0 Å². The number of aryl methyl sites for hydroxylation is 2. The average molecular weight is 219 g/mol. The van der Waals surface area contributed by atoms with E-state index < -0.39 is 0 Å². The fraction of sp³-hybridized carbons (Fsp3) is 0.500. The first-order valence-electron chi connectivity index (χ1n) is 5.77. The van der Waals surface area contributed by atoms with Crippen LogP contribution in [0, 0.1) is 6.92 Å². The molecule has 4 nitrogen and oxygen atoms in total. The molecular formula is C12H17N3O. The first kappa shape index (κ1) is 10.9. The van der Waals surface area contributed by atoms with Crippen LogP contribution in [0.4, 0.5) is 0 Å². The summed E-state index contributed by atoms with van der Waals surface area (Å²) in [5, 5.41) is 3.11. The van der Waals surface area contributed by atoms with Gasteiger partial charge in [0.05, 0.1) is 0 Å². The molecule has 0 atom stereocenters. The second kappa shape index (κ2) is 4.12. The van der Waals surface area contributed by atoms with Gasteiger partial charge in [0.25, 0.3) is 5.56 Å². The van der Waals surface area contributed by atoms with Gasteiger partial charge in [0.1, 0.15) is 0 Å². The summed E-state index contributed by atoms with van der Waals surface area (Å²) in [7, 11) is 0. The van der Waals surface area contributed by atoms with Crippen molar-refractivity contribution >= 4 is 5.65 Å². The fourth-order valence-corrected chi connectivity index (χ4v) is 2.02. The molecule has 0 spiro atoms. The van der Waals surface area contributed by atoms with E-state index in [-0.39, 0.29) is 5.56 Å². The zero-order chi connectivity index (χ0) is 11.7. The lowest BCUT2D eigenvalue weighted by Crippen LogP contribution is -2.21. The van der Waals surface area contributed by atoms with E-state index in [1.807, 2.05) is 19.9 Å². The normalized spacial score (nSPS) is 11.2. The number of nitrogens with zero attached hydrogens (tertiary/aromatic N) is 2. The molecule has 0 aliphatic rings. The van der Waals surface area contributed by atoms with Gasteiger partial charge in [-0.3, -0.25) is 9.89 Å². The van der Waals surface area contributed by atoms with Crippen LogP contribution in [0.15, 0.2) is 10.9 Å². The Morgan fingerprint density at radius 3 is 2.81 bits per heavy atom. The standard InChI is InChI=1S/C12H17N3O/c1-4-6-9-7-11-13-8(3)10(5-2)12(16)15(11)14-9/h7,14H,4-6H2,1-3H3. The molecule has 2 aromatic heterocycles. The summed E-state index contributed by atoms with van der Waals surface area (Å²) in [4.78, 5) is 16.5. The van der Waals surface area contributed by atoms with Crippen molar-refractivity contribution in [1.29, 1.82) is 0 Å². The molecule has 0 amide bonds. The number of rotatable bonds is 3. The monoisotopic (exact) mass is 219 g/mol. The summed E-state index contributed by atoms with van der Waals surface area (Å²) in [5.41, 5.74) is 3.47. The van der Waals surface area contributed by atoms with E-state index in [2.05, 4.69) is 17.0 Å². The second-order valence-electron chi connectivity index (χ2n) is 4.06. The number of aromatic amines is 1. The Balaban J connectivity index is 2.68. The molecule has 86 valence electrons. The van der Waals surface area contributed by atoms with Gasteiger partial charge in [-0.05, 0) is 19.8 Å². The zero-order valence-electron chi connectivity index (χ0n) is 10.0. The maximum Gasteiger partial charge on any atom is 0.276 e. The lowest BCUT2D eigenvalue weighted by Gasteiger charge is -2.01. The Morgan fingerprint density at radius 2 is 2.19 bits per heavy atom. The smallest absolute Gasteiger partial charge is 0.276 e. The minimum absolute atomic E-state index is 0.0346. The summed E-state index contributed by atoms with van der Waals surface area (Å²) >= 11 is 0. The van der Waals surface area contributed by atoms with Crippen molar-refractivity contribution in [2.24, 2.45) is 0 Å². The van der Waals surface area contributed by atoms with E-state index in [4.69, 9.17) is 0 Å². The van der Waals surface area contributed by atoms with Gasteiger partial charge >= 0.3 is 0 Å². The molecule has 2 heterocycles. The third-order valence-corrected chi connectivity index (χ3v) is 2.84. The van der Waals surface area contributed by atoms with Gasteiger partial charge in [0.2, 0.25) is 0 Å². The molecule has 1 N–H and O–H groups in total. The Labute approximate surface area is 94.3 Å². The van der Waals surface area contributed by atoms with E-state index >= 15 is 0 Å². The van der Waals surface area contributed by atoms with E-state index in [9.17, 15) is 4.79 Å². The molecule has 2 rings (SSSR count). The quantitative estimate of drug-likeness (QED) is 0.856. The summed E-state index contributed by atoms with van der Waals surface area (Å²) in [6.45, 7) is 5.99. The number of nitrogens with one attached hydrogen (secondary N) is 1. The first-order chi connectivity index (χ1) is 7.67. The topological polar surface area (TPSA) is 50.2 Å². The van der Waals surface area contributed by atoms with Crippen LogP contribution in [0.5, 0.6) is 0 Å². The molecule has 0 bridgehead atoms. The van der Waals surface area contributed by atoms with E-state index in [0.29, 0.717) is 0 Å². The van der Waals surface area contributed by atoms with Gasteiger partial charge in [-0.1, -0.05) is 20.3 Å². The Bertz CT molecular complexity index is 565. The predicted octanol–water partition coefficient (Wildman–Crippen LogP) is 1.85. The highest BCUT2D eigenvalue weighted by atomic mass is 16.1. The molecule has 0 aromatic carbocycles.